The molecule has 1 aromatic carbocycles. The first-order valence-electron chi connectivity index (χ1n) is 7.83. The Bertz CT molecular complexity index is 855. The summed E-state index contributed by atoms with van der Waals surface area (Å²) in [4.78, 5) is 25.6. The molecule has 0 saturated heterocycles. The van der Waals surface area contributed by atoms with E-state index in [0.717, 1.165) is 18.5 Å². The van der Waals surface area contributed by atoms with Crippen molar-refractivity contribution in [2.24, 2.45) is 0 Å². The molecule has 3 rings (SSSR count). The molecule has 0 radical (unpaired) electrons. The Kier molecular flexibility index (Phi) is 5.23. The number of thiophene rings is 1. The maximum absolute atomic E-state index is 12.3. The molecule has 0 saturated carbocycles. The number of rotatable bonds is 6. The largest absolute Gasteiger partial charge is 0.352 e. The van der Waals surface area contributed by atoms with E-state index in [1.54, 1.807) is 23.6 Å². The van der Waals surface area contributed by atoms with Crippen molar-refractivity contribution in [3.8, 4) is 5.69 Å². The number of aromatic nitrogens is 1. The highest BCUT2D eigenvalue weighted by Crippen LogP contribution is 2.10. The van der Waals surface area contributed by atoms with Gasteiger partial charge in [-0.25, -0.2) is 0 Å². The molecule has 3 aromatic rings. The summed E-state index contributed by atoms with van der Waals surface area (Å²) in [6.45, 7) is 0.612. The van der Waals surface area contributed by atoms with E-state index in [1.807, 2.05) is 36.4 Å². The van der Waals surface area contributed by atoms with Gasteiger partial charge in [-0.2, -0.15) is 0 Å². The first-order valence-corrected chi connectivity index (χ1v) is 8.71. The lowest BCUT2D eigenvalue weighted by molar-refractivity contribution is 0.0952. The summed E-state index contributed by atoms with van der Waals surface area (Å²) in [7, 11) is 0. The topological polar surface area (TPSA) is 51.1 Å². The lowest BCUT2D eigenvalue weighted by Crippen LogP contribution is -2.27. The molecule has 0 atom stereocenters. The predicted octanol–water partition coefficient (Wildman–Crippen LogP) is 3.26. The second-order valence-corrected chi connectivity index (χ2v) is 6.43. The minimum atomic E-state index is -0.161. The smallest absolute Gasteiger partial charge is 0.255 e. The van der Waals surface area contributed by atoms with Crippen molar-refractivity contribution in [2.45, 2.75) is 12.8 Å². The zero-order valence-electron chi connectivity index (χ0n) is 13.1. The highest BCUT2D eigenvalue weighted by Gasteiger charge is 2.08. The van der Waals surface area contributed by atoms with Gasteiger partial charge >= 0.3 is 0 Å². The summed E-state index contributed by atoms with van der Waals surface area (Å²) in [5.41, 5.74) is 1.07. The van der Waals surface area contributed by atoms with Gasteiger partial charge in [-0.1, -0.05) is 24.3 Å². The van der Waals surface area contributed by atoms with Crippen molar-refractivity contribution in [2.75, 3.05) is 6.54 Å². The molecule has 0 spiro atoms. The van der Waals surface area contributed by atoms with E-state index in [4.69, 9.17) is 0 Å². The van der Waals surface area contributed by atoms with Gasteiger partial charge in [0.05, 0.1) is 5.56 Å². The predicted molar refractivity (Wildman–Crippen MR) is 97.0 cm³/mol. The van der Waals surface area contributed by atoms with E-state index >= 15 is 0 Å². The number of pyridine rings is 1. The summed E-state index contributed by atoms with van der Waals surface area (Å²) < 4.78 is 1.49. The van der Waals surface area contributed by atoms with Crippen LogP contribution in [0.2, 0.25) is 0 Å². The molecular formula is C19H18N2O2S. The van der Waals surface area contributed by atoms with E-state index in [1.165, 1.54) is 15.5 Å². The third-order valence-electron chi connectivity index (χ3n) is 3.67. The van der Waals surface area contributed by atoms with Gasteiger partial charge < -0.3 is 5.32 Å². The summed E-state index contributed by atoms with van der Waals surface area (Å²) in [6.07, 6.45) is 3.44. The van der Waals surface area contributed by atoms with Crippen molar-refractivity contribution < 1.29 is 4.79 Å². The summed E-state index contributed by atoms with van der Waals surface area (Å²) >= 11 is 1.73. The van der Waals surface area contributed by atoms with E-state index in [9.17, 15) is 9.59 Å². The van der Waals surface area contributed by atoms with Crippen LogP contribution in [-0.4, -0.2) is 17.0 Å². The van der Waals surface area contributed by atoms with Gasteiger partial charge in [0.1, 0.15) is 0 Å². The Labute approximate surface area is 144 Å². The molecule has 0 aliphatic carbocycles. The van der Waals surface area contributed by atoms with Crippen LogP contribution in [0.25, 0.3) is 5.69 Å². The van der Waals surface area contributed by atoms with Crippen LogP contribution in [0.5, 0.6) is 0 Å². The molecule has 0 aliphatic rings. The molecule has 24 heavy (non-hydrogen) atoms. The third kappa shape index (κ3) is 4.00. The van der Waals surface area contributed by atoms with Crippen LogP contribution in [0.3, 0.4) is 0 Å². The molecule has 5 heteroatoms. The average molecular weight is 338 g/mol. The first kappa shape index (κ1) is 16.2. The lowest BCUT2D eigenvalue weighted by Gasteiger charge is -2.09. The van der Waals surface area contributed by atoms with E-state index in [2.05, 4.69) is 16.8 Å². The van der Waals surface area contributed by atoms with Crippen LogP contribution in [0.1, 0.15) is 21.7 Å². The normalized spacial score (nSPS) is 10.5. The molecule has 0 bridgehead atoms. The van der Waals surface area contributed by atoms with Crippen LogP contribution >= 0.6 is 11.3 Å². The Morgan fingerprint density at radius 1 is 1.04 bits per heavy atom. The number of nitrogens with zero attached hydrogens (tertiary/aromatic N) is 1. The number of hydrogen-bond donors (Lipinski definition) is 1. The van der Waals surface area contributed by atoms with Gasteiger partial charge in [-0.15, -0.1) is 11.3 Å². The molecule has 4 nitrogen and oxygen atoms in total. The molecule has 0 aliphatic heterocycles. The molecular weight excluding hydrogens is 320 g/mol. The van der Waals surface area contributed by atoms with Crippen molar-refractivity contribution in [3.63, 3.8) is 0 Å². The minimum absolute atomic E-state index is 0.157. The number of aryl methyl sites for hydroxylation is 1. The Hall–Kier alpha value is -2.66. The number of para-hydroxylation sites is 1. The second-order valence-electron chi connectivity index (χ2n) is 5.40. The number of carbonyl (C=O) groups excluding carboxylic acids is 1. The van der Waals surface area contributed by atoms with Crippen molar-refractivity contribution in [3.05, 3.63) is 87.0 Å². The quantitative estimate of drug-likeness (QED) is 0.701. The first-order chi connectivity index (χ1) is 11.7. The highest BCUT2D eigenvalue weighted by atomic mass is 32.1. The average Bonchev–Trinajstić information content (AvgIpc) is 3.13. The zero-order chi connectivity index (χ0) is 16.8. The molecule has 2 aromatic heterocycles. The highest BCUT2D eigenvalue weighted by molar-refractivity contribution is 7.09. The number of carbonyl (C=O) groups is 1. The van der Waals surface area contributed by atoms with Gasteiger partial charge in [0.25, 0.3) is 11.5 Å². The van der Waals surface area contributed by atoms with Crippen molar-refractivity contribution >= 4 is 17.2 Å². The number of hydrogen-bond acceptors (Lipinski definition) is 3. The fourth-order valence-electron chi connectivity index (χ4n) is 2.43. The molecule has 2 heterocycles. The Balaban J connectivity index is 1.64. The molecule has 1 N–H and O–H groups in total. The van der Waals surface area contributed by atoms with Crippen LogP contribution < -0.4 is 10.9 Å². The van der Waals surface area contributed by atoms with Crippen LogP contribution in [0.4, 0.5) is 0 Å². The van der Waals surface area contributed by atoms with Gasteiger partial charge in [0.15, 0.2) is 0 Å². The fraction of sp³-hybridized carbons (Fsp3) is 0.158. The van der Waals surface area contributed by atoms with Gasteiger partial charge in [-0.3, -0.25) is 14.2 Å². The van der Waals surface area contributed by atoms with Crippen LogP contribution in [0.15, 0.2) is 71.0 Å². The van der Waals surface area contributed by atoms with Crippen molar-refractivity contribution in [1.82, 2.24) is 9.88 Å². The Morgan fingerprint density at radius 3 is 2.62 bits per heavy atom. The van der Waals surface area contributed by atoms with E-state index in [0.29, 0.717) is 12.1 Å². The lowest BCUT2D eigenvalue weighted by atomic mass is 10.2. The third-order valence-corrected chi connectivity index (χ3v) is 4.61. The molecule has 0 unspecified atom stereocenters. The standard InChI is InChI=1S/C19H18N2O2S/c22-18-11-10-15(14-21(18)16-6-2-1-3-7-16)19(23)20-12-4-8-17-9-5-13-24-17/h1-3,5-7,9-11,13-14H,4,8,12H2,(H,20,23). The number of benzene rings is 1. The summed E-state index contributed by atoms with van der Waals surface area (Å²) in [6, 6.07) is 16.4. The van der Waals surface area contributed by atoms with Crippen LogP contribution in [0, 0.1) is 0 Å². The fourth-order valence-corrected chi connectivity index (χ4v) is 3.18. The van der Waals surface area contributed by atoms with Gasteiger partial charge in [0, 0.05) is 29.4 Å². The minimum Gasteiger partial charge on any atom is -0.352 e. The zero-order valence-corrected chi connectivity index (χ0v) is 14.0. The molecule has 0 fully saturated rings. The maximum Gasteiger partial charge on any atom is 0.255 e. The molecule has 122 valence electrons. The number of amides is 1. The Morgan fingerprint density at radius 2 is 1.88 bits per heavy atom. The van der Waals surface area contributed by atoms with E-state index in [-0.39, 0.29) is 11.5 Å². The maximum atomic E-state index is 12.3. The van der Waals surface area contributed by atoms with Crippen molar-refractivity contribution in [1.29, 1.82) is 0 Å². The molecule has 1 amide bonds. The van der Waals surface area contributed by atoms with Crippen LogP contribution in [-0.2, 0) is 6.42 Å². The second kappa shape index (κ2) is 7.75. The van der Waals surface area contributed by atoms with Gasteiger partial charge in [-0.05, 0) is 42.5 Å². The SMILES string of the molecule is O=C(NCCCc1cccs1)c1ccc(=O)n(-c2ccccc2)c1. The number of nitrogens with one attached hydrogen (secondary N) is 1. The van der Waals surface area contributed by atoms with Gasteiger partial charge in [0.2, 0.25) is 0 Å². The summed E-state index contributed by atoms with van der Waals surface area (Å²) in [5.74, 6) is -0.161. The monoisotopic (exact) mass is 338 g/mol. The van der Waals surface area contributed by atoms with E-state index < -0.39 is 0 Å². The summed E-state index contributed by atoms with van der Waals surface area (Å²) in [5, 5.41) is 4.97.